The van der Waals surface area contributed by atoms with Crippen LogP contribution in [0.4, 0.5) is 0 Å². The third-order valence-corrected chi connectivity index (χ3v) is 2.40. The molecule has 2 N–H and O–H groups in total. The number of hydrogen-bond donors (Lipinski definition) is 2. The Morgan fingerprint density at radius 1 is 0.812 bits per heavy atom. The fourth-order valence-electron chi connectivity index (χ4n) is 1.54. The number of hydrogen-bond acceptors (Lipinski definition) is 4. The maximum atomic E-state index is 9.86. The second kappa shape index (κ2) is 4.15. The number of furan rings is 2. The van der Waals surface area contributed by atoms with Crippen molar-refractivity contribution in [2.24, 2.45) is 0 Å². The first-order chi connectivity index (χ1) is 7.58. The van der Waals surface area contributed by atoms with E-state index in [1.165, 1.54) is 0 Å². The maximum absolute atomic E-state index is 9.86. The van der Waals surface area contributed by atoms with Gasteiger partial charge in [-0.25, -0.2) is 0 Å². The lowest BCUT2D eigenvalue weighted by atomic mass is 10.1. The summed E-state index contributed by atoms with van der Waals surface area (Å²) in [6, 6.07) is 6.75. The van der Waals surface area contributed by atoms with Crippen LogP contribution in [0.2, 0.25) is 0 Å². The fraction of sp³-hybridized carbons (Fsp3) is 0.333. The summed E-state index contributed by atoms with van der Waals surface area (Å²) >= 11 is 0. The average Bonchev–Trinajstić information content (AvgIpc) is 2.85. The zero-order valence-electron chi connectivity index (χ0n) is 9.18. The van der Waals surface area contributed by atoms with Gasteiger partial charge in [0.2, 0.25) is 0 Å². The Kier molecular flexibility index (Phi) is 2.85. The van der Waals surface area contributed by atoms with Crippen LogP contribution in [-0.2, 0) is 0 Å². The molecule has 0 aromatic carbocycles. The van der Waals surface area contributed by atoms with Gasteiger partial charge in [0.25, 0.3) is 0 Å². The van der Waals surface area contributed by atoms with E-state index in [2.05, 4.69) is 0 Å². The number of aliphatic hydroxyl groups is 2. The van der Waals surface area contributed by atoms with Crippen LogP contribution in [0.3, 0.4) is 0 Å². The highest BCUT2D eigenvalue weighted by Crippen LogP contribution is 2.30. The first-order valence-corrected chi connectivity index (χ1v) is 5.06. The summed E-state index contributed by atoms with van der Waals surface area (Å²) in [5.41, 5.74) is 0. The molecule has 2 aromatic heterocycles. The van der Waals surface area contributed by atoms with E-state index < -0.39 is 12.2 Å². The van der Waals surface area contributed by atoms with Crippen molar-refractivity contribution >= 4 is 0 Å². The van der Waals surface area contributed by atoms with Crippen LogP contribution in [0.1, 0.15) is 35.2 Å². The molecule has 2 atom stereocenters. The number of aryl methyl sites for hydroxylation is 2. The van der Waals surface area contributed by atoms with Gasteiger partial charge in [0.05, 0.1) is 0 Å². The van der Waals surface area contributed by atoms with Crippen LogP contribution < -0.4 is 0 Å². The van der Waals surface area contributed by atoms with Crippen molar-refractivity contribution in [1.82, 2.24) is 0 Å². The zero-order valence-corrected chi connectivity index (χ0v) is 9.18. The third-order valence-electron chi connectivity index (χ3n) is 2.40. The molecule has 0 aliphatic carbocycles. The van der Waals surface area contributed by atoms with E-state index in [9.17, 15) is 10.2 Å². The Labute approximate surface area is 93.1 Å². The Hall–Kier alpha value is -1.52. The predicted octanol–water partition coefficient (Wildman–Crippen LogP) is 2.26. The molecule has 0 bridgehead atoms. The molecule has 2 rings (SSSR count). The van der Waals surface area contributed by atoms with E-state index in [1.54, 1.807) is 38.1 Å². The van der Waals surface area contributed by atoms with E-state index in [0.717, 1.165) is 0 Å². The minimum absolute atomic E-state index is 0.332. The summed E-state index contributed by atoms with van der Waals surface area (Å²) in [7, 11) is 0. The van der Waals surface area contributed by atoms with Crippen LogP contribution in [0, 0.1) is 13.8 Å². The van der Waals surface area contributed by atoms with Gasteiger partial charge in [0.1, 0.15) is 35.2 Å². The van der Waals surface area contributed by atoms with Crippen molar-refractivity contribution in [1.29, 1.82) is 0 Å². The molecule has 0 spiro atoms. The van der Waals surface area contributed by atoms with E-state index in [1.807, 2.05) is 0 Å². The van der Waals surface area contributed by atoms with E-state index in [4.69, 9.17) is 8.83 Å². The Morgan fingerprint density at radius 2 is 1.19 bits per heavy atom. The molecule has 2 aromatic rings. The van der Waals surface area contributed by atoms with Crippen LogP contribution >= 0.6 is 0 Å². The first-order valence-electron chi connectivity index (χ1n) is 5.06. The van der Waals surface area contributed by atoms with Crippen molar-refractivity contribution < 1.29 is 19.0 Å². The second-order valence-electron chi connectivity index (χ2n) is 3.79. The van der Waals surface area contributed by atoms with Crippen molar-refractivity contribution in [3.63, 3.8) is 0 Å². The van der Waals surface area contributed by atoms with Crippen molar-refractivity contribution in [2.75, 3.05) is 0 Å². The lowest BCUT2D eigenvalue weighted by molar-refractivity contribution is -0.00860. The van der Waals surface area contributed by atoms with E-state index >= 15 is 0 Å². The molecule has 0 amide bonds. The van der Waals surface area contributed by atoms with Crippen LogP contribution in [0.25, 0.3) is 0 Å². The molecule has 2 unspecified atom stereocenters. The van der Waals surface area contributed by atoms with Gasteiger partial charge in [-0.05, 0) is 38.1 Å². The molecular weight excluding hydrogens is 208 g/mol. The predicted molar refractivity (Wildman–Crippen MR) is 56.8 cm³/mol. The molecule has 0 fully saturated rings. The monoisotopic (exact) mass is 222 g/mol. The van der Waals surface area contributed by atoms with Crippen molar-refractivity contribution in [3.05, 3.63) is 47.3 Å². The fourth-order valence-corrected chi connectivity index (χ4v) is 1.54. The highest BCUT2D eigenvalue weighted by atomic mass is 16.4. The molecule has 86 valence electrons. The van der Waals surface area contributed by atoms with Crippen LogP contribution in [0.5, 0.6) is 0 Å². The average molecular weight is 222 g/mol. The van der Waals surface area contributed by atoms with Gasteiger partial charge in [-0.3, -0.25) is 0 Å². The molecular formula is C12H14O4. The van der Waals surface area contributed by atoms with Gasteiger partial charge in [0.15, 0.2) is 0 Å². The highest BCUT2D eigenvalue weighted by molar-refractivity contribution is 5.15. The van der Waals surface area contributed by atoms with Gasteiger partial charge in [-0.2, -0.15) is 0 Å². The molecule has 0 aliphatic rings. The quantitative estimate of drug-likeness (QED) is 0.835. The first kappa shape index (κ1) is 11.0. The van der Waals surface area contributed by atoms with E-state index in [-0.39, 0.29) is 0 Å². The molecule has 4 heteroatoms. The summed E-state index contributed by atoms with van der Waals surface area (Å²) in [6.07, 6.45) is -2.22. The summed E-state index contributed by atoms with van der Waals surface area (Å²) < 4.78 is 10.5. The molecule has 0 aliphatic heterocycles. The zero-order chi connectivity index (χ0) is 11.7. The topological polar surface area (TPSA) is 66.7 Å². The molecule has 2 heterocycles. The van der Waals surface area contributed by atoms with Crippen LogP contribution in [0.15, 0.2) is 33.1 Å². The van der Waals surface area contributed by atoms with Gasteiger partial charge in [0, 0.05) is 0 Å². The molecule has 0 saturated carbocycles. The lowest BCUT2D eigenvalue weighted by Crippen LogP contribution is -2.08. The molecule has 0 saturated heterocycles. The SMILES string of the molecule is Cc1ccc(C(O)C(O)c2ccc(C)o2)o1. The van der Waals surface area contributed by atoms with Gasteiger partial charge < -0.3 is 19.0 Å². The lowest BCUT2D eigenvalue weighted by Gasteiger charge is -2.13. The third kappa shape index (κ3) is 2.03. The standard InChI is InChI=1S/C12H14O4/c1-7-3-5-9(15-7)11(13)12(14)10-6-4-8(2)16-10/h3-6,11-14H,1-2H3. The Morgan fingerprint density at radius 3 is 1.44 bits per heavy atom. The number of rotatable bonds is 3. The highest BCUT2D eigenvalue weighted by Gasteiger charge is 2.25. The number of aliphatic hydroxyl groups excluding tert-OH is 2. The van der Waals surface area contributed by atoms with Gasteiger partial charge >= 0.3 is 0 Å². The summed E-state index contributed by atoms with van der Waals surface area (Å²) in [4.78, 5) is 0. The molecule has 0 radical (unpaired) electrons. The van der Waals surface area contributed by atoms with Gasteiger partial charge in [-0.1, -0.05) is 0 Å². The summed E-state index contributed by atoms with van der Waals surface area (Å²) in [5, 5.41) is 19.7. The minimum Gasteiger partial charge on any atom is -0.463 e. The van der Waals surface area contributed by atoms with Crippen LogP contribution in [-0.4, -0.2) is 10.2 Å². The van der Waals surface area contributed by atoms with Crippen molar-refractivity contribution in [2.45, 2.75) is 26.1 Å². The van der Waals surface area contributed by atoms with E-state index in [0.29, 0.717) is 23.0 Å². The Balaban J connectivity index is 2.19. The van der Waals surface area contributed by atoms with Gasteiger partial charge in [-0.15, -0.1) is 0 Å². The van der Waals surface area contributed by atoms with Crippen molar-refractivity contribution in [3.8, 4) is 0 Å². The minimum atomic E-state index is -1.11. The summed E-state index contributed by atoms with van der Waals surface area (Å²) in [5.74, 6) is 2.05. The second-order valence-corrected chi connectivity index (χ2v) is 3.79. The largest absolute Gasteiger partial charge is 0.463 e. The maximum Gasteiger partial charge on any atom is 0.145 e. The smallest absolute Gasteiger partial charge is 0.145 e. The summed E-state index contributed by atoms with van der Waals surface area (Å²) in [6.45, 7) is 3.55. The Bertz CT molecular complexity index is 425. The normalized spacial score (nSPS) is 15.0. The molecule has 16 heavy (non-hydrogen) atoms. The molecule has 4 nitrogen and oxygen atoms in total.